The normalized spacial score (nSPS) is 12.7. The molecule has 3 rings (SSSR count). The SMILES string of the molecule is CC(C)Cc1cc(CC(C)C)n(C(n2nc(CC(C)C)cc2CC(C)C)n2nc(CC(C)C)cc2CC(C)C)n1. The van der Waals surface area contributed by atoms with Crippen LogP contribution in [0.5, 0.6) is 0 Å². The van der Waals surface area contributed by atoms with Crippen molar-refractivity contribution >= 4 is 0 Å². The van der Waals surface area contributed by atoms with E-state index in [0.29, 0.717) is 35.5 Å². The first-order valence-electron chi connectivity index (χ1n) is 15.9. The molecule has 6 heteroatoms. The number of aromatic nitrogens is 6. The minimum absolute atomic E-state index is 0.265. The van der Waals surface area contributed by atoms with Crippen LogP contribution in [0.1, 0.15) is 124 Å². The summed E-state index contributed by atoms with van der Waals surface area (Å²) in [4.78, 5) is 0. The fraction of sp³-hybridized carbons (Fsp3) is 0.735. The van der Waals surface area contributed by atoms with E-state index in [4.69, 9.17) is 15.3 Å². The number of rotatable bonds is 15. The Morgan fingerprint density at radius 1 is 0.400 bits per heavy atom. The minimum atomic E-state index is -0.265. The molecule has 0 spiro atoms. The first kappa shape index (κ1) is 32.1. The smallest absolute Gasteiger partial charge is 0.224 e. The number of hydrogen-bond donors (Lipinski definition) is 0. The molecular formula is C34H58N6. The Hall–Kier alpha value is -2.37. The van der Waals surface area contributed by atoms with Crippen LogP contribution in [0.25, 0.3) is 0 Å². The van der Waals surface area contributed by atoms with E-state index < -0.39 is 0 Å². The summed E-state index contributed by atoms with van der Waals surface area (Å²) >= 11 is 0. The lowest BCUT2D eigenvalue weighted by atomic mass is 10.0. The van der Waals surface area contributed by atoms with Gasteiger partial charge in [-0.3, -0.25) is 0 Å². The van der Waals surface area contributed by atoms with Gasteiger partial charge < -0.3 is 0 Å². The van der Waals surface area contributed by atoms with E-state index in [-0.39, 0.29) is 6.29 Å². The molecule has 0 saturated carbocycles. The van der Waals surface area contributed by atoms with Crippen LogP contribution in [0.4, 0.5) is 0 Å². The van der Waals surface area contributed by atoms with Gasteiger partial charge in [-0.1, -0.05) is 83.1 Å². The van der Waals surface area contributed by atoms with E-state index in [0.717, 1.165) is 55.6 Å². The Labute approximate surface area is 244 Å². The van der Waals surface area contributed by atoms with Crippen LogP contribution in [-0.2, 0) is 38.5 Å². The number of nitrogens with zero attached hydrogens (tertiary/aromatic N) is 6. The molecule has 3 aromatic heterocycles. The molecule has 0 aliphatic heterocycles. The molecule has 0 bridgehead atoms. The van der Waals surface area contributed by atoms with Crippen LogP contribution in [0.3, 0.4) is 0 Å². The summed E-state index contributed by atoms with van der Waals surface area (Å²) in [5.74, 6) is 3.22. The highest BCUT2D eigenvalue weighted by Crippen LogP contribution is 2.27. The fourth-order valence-electron chi connectivity index (χ4n) is 5.65. The monoisotopic (exact) mass is 550 g/mol. The Morgan fingerprint density at radius 3 is 0.825 bits per heavy atom. The summed E-state index contributed by atoms with van der Waals surface area (Å²) in [6.07, 6.45) is 5.56. The van der Waals surface area contributed by atoms with Crippen molar-refractivity contribution in [1.29, 1.82) is 0 Å². The first-order chi connectivity index (χ1) is 18.7. The number of hydrogen-bond acceptors (Lipinski definition) is 3. The quantitative estimate of drug-likeness (QED) is 0.192. The second-order valence-corrected chi connectivity index (χ2v) is 14.6. The average Bonchev–Trinajstić information content (AvgIpc) is 3.45. The average molecular weight is 551 g/mol. The Bertz CT molecular complexity index is 1040. The summed E-state index contributed by atoms with van der Waals surface area (Å²) in [5.41, 5.74) is 7.29. The van der Waals surface area contributed by atoms with E-state index in [1.807, 2.05) is 0 Å². The van der Waals surface area contributed by atoms with Gasteiger partial charge in [-0.2, -0.15) is 15.3 Å². The molecule has 0 N–H and O–H groups in total. The molecular weight excluding hydrogens is 492 g/mol. The van der Waals surface area contributed by atoms with Crippen molar-refractivity contribution in [2.75, 3.05) is 0 Å². The topological polar surface area (TPSA) is 53.5 Å². The standard InChI is InChI=1S/C34H58N6/c1-22(2)13-28-19-31(16-25(7)8)38(35-28)34(39-32(17-26(9)10)20-29(36-39)14-23(3)4)40-33(18-27(11)12)21-30(37-40)15-24(5)6/h19-27,34H,13-18H2,1-12H3. The predicted octanol–water partition coefficient (Wildman–Crippen LogP) is 8.02. The van der Waals surface area contributed by atoms with Crippen molar-refractivity contribution in [2.24, 2.45) is 35.5 Å². The molecule has 6 nitrogen and oxygen atoms in total. The van der Waals surface area contributed by atoms with Crippen molar-refractivity contribution < 1.29 is 0 Å². The second-order valence-electron chi connectivity index (χ2n) is 14.6. The van der Waals surface area contributed by atoms with Gasteiger partial charge in [0.25, 0.3) is 0 Å². The maximum Gasteiger partial charge on any atom is 0.238 e. The summed E-state index contributed by atoms with van der Waals surface area (Å²) in [6.45, 7) is 27.4. The third-order valence-electron chi connectivity index (χ3n) is 6.95. The maximum atomic E-state index is 5.33. The van der Waals surface area contributed by atoms with E-state index >= 15 is 0 Å². The molecule has 224 valence electrons. The van der Waals surface area contributed by atoms with Gasteiger partial charge in [-0.05, 0) is 92.2 Å². The lowest BCUT2D eigenvalue weighted by Gasteiger charge is -2.26. The molecule has 0 fully saturated rings. The van der Waals surface area contributed by atoms with Gasteiger partial charge in [0.15, 0.2) is 0 Å². The summed E-state index contributed by atoms with van der Waals surface area (Å²) in [5, 5.41) is 16.0. The Morgan fingerprint density at radius 2 is 0.625 bits per heavy atom. The van der Waals surface area contributed by atoms with Crippen molar-refractivity contribution in [2.45, 2.75) is 128 Å². The zero-order chi connectivity index (χ0) is 29.7. The summed E-state index contributed by atoms with van der Waals surface area (Å²) < 4.78 is 6.80. The van der Waals surface area contributed by atoms with Gasteiger partial charge >= 0.3 is 0 Å². The predicted molar refractivity (Wildman–Crippen MR) is 168 cm³/mol. The third kappa shape index (κ3) is 8.81. The van der Waals surface area contributed by atoms with Crippen molar-refractivity contribution in [1.82, 2.24) is 29.3 Å². The molecule has 0 radical (unpaired) electrons. The van der Waals surface area contributed by atoms with Crippen molar-refractivity contribution in [3.8, 4) is 0 Å². The lowest BCUT2D eigenvalue weighted by molar-refractivity contribution is 0.254. The van der Waals surface area contributed by atoms with E-state index in [2.05, 4.69) is 115 Å². The van der Waals surface area contributed by atoms with Gasteiger partial charge in [0.1, 0.15) is 0 Å². The van der Waals surface area contributed by atoms with Gasteiger partial charge in [0, 0.05) is 17.1 Å². The van der Waals surface area contributed by atoms with Crippen LogP contribution in [-0.4, -0.2) is 29.3 Å². The van der Waals surface area contributed by atoms with Crippen LogP contribution in [0.15, 0.2) is 18.2 Å². The van der Waals surface area contributed by atoms with Crippen LogP contribution in [0, 0.1) is 35.5 Å². The highest BCUT2D eigenvalue weighted by molar-refractivity contribution is 5.19. The second kappa shape index (κ2) is 14.0. The highest BCUT2D eigenvalue weighted by Gasteiger charge is 2.29. The molecule has 40 heavy (non-hydrogen) atoms. The summed E-state index contributed by atoms with van der Waals surface area (Å²) in [7, 11) is 0. The maximum absolute atomic E-state index is 5.33. The Balaban J connectivity index is 2.34. The lowest BCUT2D eigenvalue weighted by Crippen LogP contribution is -2.33. The van der Waals surface area contributed by atoms with E-state index in [9.17, 15) is 0 Å². The van der Waals surface area contributed by atoms with Crippen molar-refractivity contribution in [3.63, 3.8) is 0 Å². The molecule has 0 aliphatic rings. The molecule has 3 heterocycles. The molecule has 0 amide bonds. The zero-order valence-electron chi connectivity index (χ0n) is 27.7. The summed E-state index contributed by atoms with van der Waals surface area (Å²) in [6, 6.07) is 7.02. The molecule has 0 aliphatic carbocycles. The van der Waals surface area contributed by atoms with E-state index in [1.165, 1.54) is 17.1 Å². The molecule has 0 aromatic carbocycles. The van der Waals surface area contributed by atoms with Gasteiger partial charge in [-0.15, -0.1) is 0 Å². The Kier molecular flexibility index (Phi) is 11.3. The highest BCUT2D eigenvalue weighted by atomic mass is 15.6. The van der Waals surface area contributed by atoms with Crippen LogP contribution >= 0.6 is 0 Å². The zero-order valence-corrected chi connectivity index (χ0v) is 27.7. The molecule has 3 aromatic rings. The molecule has 0 unspecified atom stereocenters. The molecule has 0 atom stereocenters. The van der Waals surface area contributed by atoms with Crippen molar-refractivity contribution in [3.05, 3.63) is 52.4 Å². The fourth-order valence-corrected chi connectivity index (χ4v) is 5.65. The van der Waals surface area contributed by atoms with Crippen LogP contribution < -0.4 is 0 Å². The minimum Gasteiger partial charge on any atom is -0.224 e. The van der Waals surface area contributed by atoms with Gasteiger partial charge in [-0.25, -0.2) is 14.0 Å². The largest absolute Gasteiger partial charge is 0.238 e. The van der Waals surface area contributed by atoms with Gasteiger partial charge in [0.05, 0.1) is 17.1 Å². The first-order valence-corrected chi connectivity index (χ1v) is 15.9. The van der Waals surface area contributed by atoms with Crippen LogP contribution in [0.2, 0.25) is 0 Å². The van der Waals surface area contributed by atoms with Gasteiger partial charge in [0.2, 0.25) is 6.29 Å². The molecule has 0 saturated heterocycles. The third-order valence-corrected chi connectivity index (χ3v) is 6.95. The van der Waals surface area contributed by atoms with E-state index in [1.54, 1.807) is 0 Å².